The lowest BCUT2D eigenvalue weighted by molar-refractivity contribution is 0.0600. The minimum Gasteiger partial charge on any atom is -0.465 e. The third-order valence-corrected chi connectivity index (χ3v) is 5.33. The fraction of sp³-hybridized carbons (Fsp3) is 0.158. The van der Waals surface area contributed by atoms with Crippen LogP contribution in [0.25, 0.3) is 21.7 Å². The predicted octanol–water partition coefficient (Wildman–Crippen LogP) is 3.11. The van der Waals surface area contributed by atoms with Crippen LogP contribution < -0.4 is 10.6 Å². The Hall–Kier alpha value is -2.86. The molecule has 4 rings (SSSR count). The summed E-state index contributed by atoms with van der Waals surface area (Å²) in [7, 11) is 3.20. The molecule has 3 heterocycles. The van der Waals surface area contributed by atoms with Gasteiger partial charge >= 0.3 is 5.97 Å². The number of hydrogen-bond acceptors (Lipinski definition) is 5. The van der Waals surface area contributed by atoms with Crippen molar-refractivity contribution in [2.24, 2.45) is 0 Å². The zero-order valence-corrected chi connectivity index (χ0v) is 14.7. The van der Waals surface area contributed by atoms with Crippen molar-refractivity contribution in [1.82, 2.24) is 4.68 Å². The van der Waals surface area contributed by atoms with E-state index in [9.17, 15) is 9.59 Å². The van der Waals surface area contributed by atoms with Crippen LogP contribution in [0.3, 0.4) is 0 Å². The Labute approximate surface area is 148 Å². The van der Waals surface area contributed by atoms with Gasteiger partial charge in [0.15, 0.2) is 0 Å². The van der Waals surface area contributed by atoms with Gasteiger partial charge in [0.05, 0.1) is 29.8 Å². The molecule has 0 aliphatic carbocycles. The highest BCUT2D eigenvalue weighted by molar-refractivity contribution is 7.13. The molecule has 126 valence electrons. The molecule has 0 amide bonds. The molecule has 5 nitrogen and oxygen atoms in total. The topological polar surface area (TPSA) is 51.5 Å². The number of fused-ring (bicyclic) bond motifs is 3. The number of thiophene rings is 1. The highest BCUT2D eigenvalue weighted by atomic mass is 32.1. The number of aromatic nitrogens is 1. The van der Waals surface area contributed by atoms with Crippen molar-refractivity contribution in [1.29, 1.82) is 0 Å². The Balaban J connectivity index is 2.10. The summed E-state index contributed by atoms with van der Waals surface area (Å²) >= 11 is 1.53. The van der Waals surface area contributed by atoms with Crippen LogP contribution in [-0.4, -0.2) is 24.8 Å². The first-order valence-corrected chi connectivity index (χ1v) is 8.71. The number of rotatable bonds is 2. The van der Waals surface area contributed by atoms with E-state index in [1.165, 1.54) is 18.4 Å². The summed E-state index contributed by atoms with van der Waals surface area (Å²) in [6, 6.07) is 13.0. The van der Waals surface area contributed by atoms with Gasteiger partial charge in [-0.1, -0.05) is 30.3 Å². The largest absolute Gasteiger partial charge is 0.465 e. The van der Waals surface area contributed by atoms with Crippen molar-refractivity contribution in [2.45, 2.75) is 6.54 Å². The minimum absolute atomic E-state index is 0.143. The van der Waals surface area contributed by atoms with E-state index < -0.39 is 5.97 Å². The van der Waals surface area contributed by atoms with E-state index in [1.54, 1.807) is 10.7 Å². The first kappa shape index (κ1) is 15.7. The lowest BCUT2D eigenvalue weighted by atomic mass is 10.0. The summed E-state index contributed by atoms with van der Waals surface area (Å²) < 4.78 is 6.58. The number of esters is 1. The highest BCUT2D eigenvalue weighted by Gasteiger charge is 2.29. The third kappa shape index (κ3) is 2.37. The van der Waals surface area contributed by atoms with Crippen LogP contribution in [0.1, 0.15) is 15.9 Å². The van der Waals surface area contributed by atoms with Crippen LogP contribution in [0.2, 0.25) is 0 Å². The lowest BCUT2D eigenvalue weighted by Gasteiger charge is -2.31. The number of methoxy groups -OCH3 is 1. The molecule has 0 saturated carbocycles. The number of carbonyl (C=O) groups excluding carboxylic acids is 1. The standard InChI is InChI=1S/C19H16N2O3S/c1-20-11-13-8-9-25-17(13)16-15(19(23)24-2)10-14(18(22)21(16)20)12-6-4-3-5-7-12/h3-10H,11H2,1-2H3. The Bertz CT molecular complexity index is 1020. The van der Waals surface area contributed by atoms with Gasteiger partial charge in [0.1, 0.15) is 0 Å². The van der Waals surface area contributed by atoms with E-state index >= 15 is 0 Å². The van der Waals surface area contributed by atoms with Crippen LogP contribution in [0.15, 0.2) is 52.6 Å². The number of pyridine rings is 1. The van der Waals surface area contributed by atoms with Gasteiger partial charge in [-0.05, 0) is 28.6 Å². The van der Waals surface area contributed by atoms with Gasteiger partial charge in [0.25, 0.3) is 5.56 Å². The number of ether oxygens (including phenoxy) is 1. The maximum Gasteiger partial charge on any atom is 0.340 e. The van der Waals surface area contributed by atoms with E-state index in [1.807, 2.05) is 53.8 Å². The van der Waals surface area contributed by atoms with Crippen LogP contribution in [0.5, 0.6) is 0 Å². The number of benzene rings is 1. The second-order valence-electron chi connectivity index (χ2n) is 5.89. The van der Waals surface area contributed by atoms with Gasteiger partial charge in [-0.15, -0.1) is 11.3 Å². The molecule has 1 aromatic carbocycles. The molecule has 0 bridgehead atoms. The lowest BCUT2D eigenvalue weighted by Crippen LogP contribution is -2.43. The van der Waals surface area contributed by atoms with Crippen molar-refractivity contribution >= 4 is 17.3 Å². The maximum absolute atomic E-state index is 13.2. The summed E-state index contributed by atoms with van der Waals surface area (Å²) in [5.41, 5.74) is 3.22. The van der Waals surface area contributed by atoms with Crippen molar-refractivity contribution in [2.75, 3.05) is 19.2 Å². The fourth-order valence-electron chi connectivity index (χ4n) is 3.22. The van der Waals surface area contributed by atoms with E-state index in [2.05, 4.69) is 0 Å². The molecule has 0 fully saturated rings. The van der Waals surface area contributed by atoms with E-state index in [-0.39, 0.29) is 5.56 Å². The summed E-state index contributed by atoms with van der Waals surface area (Å²) in [6.45, 7) is 0.616. The average Bonchev–Trinajstić information content (AvgIpc) is 3.10. The molecule has 6 heteroatoms. The Kier molecular flexibility index (Phi) is 3.69. The molecule has 0 atom stereocenters. The normalized spacial score (nSPS) is 12.5. The van der Waals surface area contributed by atoms with E-state index in [4.69, 9.17) is 4.74 Å². The van der Waals surface area contributed by atoms with Crippen LogP contribution in [-0.2, 0) is 11.3 Å². The molecule has 0 N–H and O–H groups in total. The van der Waals surface area contributed by atoms with Gasteiger partial charge in [0, 0.05) is 12.6 Å². The molecule has 0 saturated heterocycles. The van der Waals surface area contributed by atoms with E-state index in [0.717, 1.165) is 16.0 Å². The van der Waals surface area contributed by atoms with Gasteiger partial charge in [0.2, 0.25) is 0 Å². The first-order valence-electron chi connectivity index (χ1n) is 7.83. The maximum atomic E-state index is 13.2. The molecular formula is C19H16N2O3S. The minimum atomic E-state index is -0.449. The molecular weight excluding hydrogens is 336 g/mol. The van der Waals surface area contributed by atoms with Crippen molar-refractivity contribution in [3.63, 3.8) is 0 Å². The highest BCUT2D eigenvalue weighted by Crippen LogP contribution is 2.36. The summed E-state index contributed by atoms with van der Waals surface area (Å²) in [5.74, 6) is -0.449. The van der Waals surface area contributed by atoms with Crippen LogP contribution >= 0.6 is 11.3 Å². The summed E-state index contributed by atoms with van der Waals surface area (Å²) in [5, 5.41) is 3.82. The fourth-order valence-corrected chi connectivity index (χ4v) is 4.18. The van der Waals surface area contributed by atoms with Gasteiger partial charge in [-0.25, -0.2) is 9.47 Å². The first-order chi connectivity index (χ1) is 12.1. The molecule has 1 aliphatic heterocycles. The Morgan fingerprint density at radius 1 is 1.20 bits per heavy atom. The Morgan fingerprint density at radius 2 is 1.96 bits per heavy atom. The SMILES string of the molecule is COC(=O)c1cc(-c2ccccc2)c(=O)n2c1-c1sccc1CN2C. The molecule has 0 spiro atoms. The van der Waals surface area contributed by atoms with Gasteiger partial charge < -0.3 is 9.75 Å². The van der Waals surface area contributed by atoms with Crippen molar-refractivity contribution in [3.05, 3.63) is 69.3 Å². The van der Waals surface area contributed by atoms with Crippen molar-refractivity contribution in [3.8, 4) is 21.7 Å². The van der Waals surface area contributed by atoms with E-state index in [0.29, 0.717) is 23.4 Å². The molecule has 3 aromatic rings. The summed E-state index contributed by atoms with van der Waals surface area (Å²) in [6.07, 6.45) is 0. The number of nitrogens with zero attached hydrogens (tertiary/aromatic N) is 2. The monoisotopic (exact) mass is 352 g/mol. The number of carbonyl (C=O) groups is 1. The third-order valence-electron chi connectivity index (χ3n) is 4.37. The zero-order chi connectivity index (χ0) is 17.6. The second kappa shape index (κ2) is 5.89. The zero-order valence-electron chi connectivity index (χ0n) is 13.9. The number of hydrogen-bond donors (Lipinski definition) is 0. The molecule has 0 radical (unpaired) electrons. The molecule has 25 heavy (non-hydrogen) atoms. The second-order valence-corrected chi connectivity index (χ2v) is 6.80. The van der Waals surface area contributed by atoms with Gasteiger partial charge in [-0.3, -0.25) is 4.79 Å². The quantitative estimate of drug-likeness (QED) is 0.665. The van der Waals surface area contributed by atoms with Gasteiger partial charge in [-0.2, -0.15) is 0 Å². The molecule has 2 aromatic heterocycles. The summed E-state index contributed by atoms with van der Waals surface area (Å²) in [4.78, 5) is 26.6. The molecule has 0 unspecified atom stereocenters. The smallest absolute Gasteiger partial charge is 0.340 e. The average molecular weight is 352 g/mol. The Morgan fingerprint density at radius 3 is 2.68 bits per heavy atom. The molecule has 1 aliphatic rings. The predicted molar refractivity (Wildman–Crippen MR) is 98.6 cm³/mol. The van der Waals surface area contributed by atoms with Crippen LogP contribution in [0.4, 0.5) is 0 Å². The van der Waals surface area contributed by atoms with Crippen LogP contribution in [0, 0.1) is 0 Å². The van der Waals surface area contributed by atoms with Crippen molar-refractivity contribution < 1.29 is 9.53 Å².